The van der Waals surface area contributed by atoms with Crippen molar-refractivity contribution in [3.05, 3.63) is 65.6 Å². The SMILES string of the molecule is COC/C=C/C(O)N1CCN(c2nc(OC[C@@H]3CCCN3C)nc3c(F)c(-c4cccc5cccc(Cl)c45)ncc23)C[C@@H]1CC#N. The molecule has 2 saturated heterocycles. The number of halogens is 2. The van der Waals surface area contributed by atoms with E-state index in [1.54, 1.807) is 37.6 Å². The standard InChI is InChI=1S/C34H37ClFN7O3/c1-41-15-5-9-24(41)21-46-34-39-32-26(19-38-31(30(32)36)25-10-3-7-22-8-4-11-27(35)29(22)25)33(40-34)42-16-17-43(23(20-42)13-14-37)28(44)12-6-18-45-2/h3-4,6-8,10-12,19,23-24,28,44H,5,9,13,15-18,20-21H2,1-2H3/b12-6+/t23-,24-,28?/m0/s1. The zero-order valence-corrected chi connectivity index (χ0v) is 26.7. The van der Waals surface area contributed by atoms with Crippen LogP contribution in [-0.4, -0.2) is 102 Å². The van der Waals surface area contributed by atoms with Crippen LogP contribution in [0.2, 0.25) is 5.02 Å². The summed E-state index contributed by atoms with van der Waals surface area (Å²) in [6.45, 7) is 3.04. The van der Waals surface area contributed by atoms with Crippen molar-refractivity contribution in [3.63, 3.8) is 0 Å². The van der Waals surface area contributed by atoms with Crippen molar-refractivity contribution < 1.29 is 19.0 Å². The third-order valence-corrected chi connectivity index (χ3v) is 9.21. The number of fused-ring (bicyclic) bond motifs is 2. The molecule has 2 aliphatic rings. The van der Waals surface area contributed by atoms with Gasteiger partial charge in [-0.05, 0) is 44.0 Å². The lowest BCUT2D eigenvalue weighted by atomic mass is 10.0. The molecular formula is C34H37ClFN7O3. The van der Waals surface area contributed by atoms with E-state index in [0.717, 1.165) is 24.8 Å². The van der Waals surface area contributed by atoms with E-state index in [1.807, 2.05) is 34.1 Å². The number of methoxy groups -OCH3 is 1. The quantitative estimate of drug-likeness (QED) is 0.236. The molecule has 0 saturated carbocycles. The van der Waals surface area contributed by atoms with E-state index in [-0.39, 0.29) is 35.7 Å². The smallest absolute Gasteiger partial charge is 0.319 e. The maximum absolute atomic E-state index is 16.7. The monoisotopic (exact) mass is 645 g/mol. The Bertz CT molecular complexity index is 1780. The van der Waals surface area contributed by atoms with E-state index in [1.165, 1.54) is 0 Å². The first-order chi connectivity index (χ1) is 22.4. The van der Waals surface area contributed by atoms with Gasteiger partial charge in [-0.1, -0.05) is 48.0 Å². The summed E-state index contributed by atoms with van der Waals surface area (Å²) < 4.78 is 27.9. The van der Waals surface area contributed by atoms with Gasteiger partial charge in [-0.15, -0.1) is 0 Å². The Morgan fingerprint density at radius 3 is 2.76 bits per heavy atom. The number of pyridine rings is 1. The lowest BCUT2D eigenvalue weighted by molar-refractivity contribution is 0.00373. The van der Waals surface area contributed by atoms with Crippen molar-refractivity contribution in [2.24, 2.45) is 0 Å². The van der Waals surface area contributed by atoms with E-state index in [9.17, 15) is 10.4 Å². The number of aliphatic hydroxyl groups is 1. The molecule has 2 fully saturated rings. The van der Waals surface area contributed by atoms with E-state index in [2.05, 4.69) is 28.0 Å². The molecule has 0 amide bonds. The molecule has 0 radical (unpaired) electrons. The molecule has 3 atom stereocenters. The number of aliphatic hydroxyl groups excluding tert-OH is 1. The molecule has 1 unspecified atom stereocenters. The van der Waals surface area contributed by atoms with Crippen LogP contribution in [0.3, 0.4) is 0 Å². The number of likely N-dealkylation sites (tertiary alicyclic amines) is 1. The largest absolute Gasteiger partial charge is 0.462 e. The second-order valence-electron chi connectivity index (χ2n) is 11.7. The van der Waals surface area contributed by atoms with Crippen LogP contribution in [-0.2, 0) is 4.74 Å². The van der Waals surface area contributed by atoms with Gasteiger partial charge in [0.15, 0.2) is 5.82 Å². The van der Waals surface area contributed by atoms with E-state index >= 15 is 4.39 Å². The number of aromatic nitrogens is 3. The Kier molecular flexibility index (Phi) is 9.92. The summed E-state index contributed by atoms with van der Waals surface area (Å²) >= 11 is 6.60. The van der Waals surface area contributed by atoms with Gasteiger partial charge in [-0.2, -0.15) is 15.2 Å². The van der Waals surface area contributed by atoms with E-state index in [4.69, 9.17) is 26.1 Å². The first kappa shape index (κ1) is 32.0. The number of ether oxygens (including phenoxy) is 2. The lowest BCUT2D eigenvalue weighted by Gasteiger charge is -2.42. The van der Waals surface area contributed by atoms with Crippen molar-refractivity contribution in [2.45, 2.75) is 37.6 Å². The molecule has 0 spiro atoms. The number of likely N-dealkylation sites (N-methyl/N-ethyl adjacent to an activating group) is 1. The van der Waals surface area contributed by atoms with Crippen LogP contribution in [0.25, 0.3) is 32.9 Å². The molecule has 12 heteroatoms. The Hall–Kier alpha value is -3.92. The Balaban J connectivity index is 1.41. The number of benzene rings is 2. The van der Waals surface area contributed by atoms with Crippen molar-refractivity contribution in [1.82, 2.24) is 24.8 Å². The number of hydrogen-bond acceptors (Lipinski definition) is 10. The summed E-state index contributed by atoms with van der Waals surface area (Å²) in [7, 11) is 3.65. The fraction of sp³-hybridized carbons (Fsp3) is 0.412. The highest BCUT2D eigenvalue weighted by atomic mass is 35.5. The molecule has 4 heterocycles. The zero-order valence-electron chi connectivity index (χ0n) is 25.9. The lowest BCUT2D eigenvalue weighted by Crippen LogP contribution is -2.56. The summed E-state index contributed by atoms with van der Waals surface area (Å²) in [5, 5.41) is 23.0. The highest BCUT2D eigenvalue weighted by molar-refractivity contribution is 6.36. The van der Waals surface area contributed by atoms with Crippen molar-refractivity contribution in [1.29, 1.82) is 5.26 Å². The van der Waals surface area contributed by atoms with Crippen molar-refractivity contribution in [2.75, 3.05) is 58.5 Å². The highest BCUT2D eigenvalue weighted by Crippen LogP contribution is 2.37. The van der Waals surface area contributed by atoms with Gasteiger partial charge < -0.3 is 24.4 Å². The van der Waals surface area contributed by atoms with E-state index in [0.29, 0.717) is 60.0 Å². The highest BCUT2D eigenvalue weighted by Gasteiger charge is 2.33. The predicted octanol–water partition coefficient (Wildman–Crippen LogP) is 5.04. The molecule has 46 heavy (non-hydrogen) atoms. The fourth-order valence-corrected chi connectivity index (χ4v) is 6.73. The van der Waals surface area contributed by atoms with E-state index < -0.39 is 12.0 Å². The number of hydrogen-bond donors (Lipinski definition) is 1. The molecule has 2 aromatic heterocycles. The maximum Gasteiger partial charge on any atom is 0.319 e. The number of rotatable bonds is 10. The molecule has 1 N–H and O–H groups in total. The number of anilines is 1. The number of piperazine rings is 1. The predicted molar refractivity (Wildman–Crippen MR) is 176 cm³/mol. The Morgan fingerprint density at radius 2 is 2.00 bits per heavy atom. The normalized spacial score (nSPS) is 20.1. The number of nitriles is 1. The minimum absolute atomic E-state index is 0.0802. The first-order valence-electron chi connectivity index (χ1n) is 15.5. The molecule has 240 valence electrons. The van der Waals surface area contributed by atoms with Gasteiger partial charge in [-0.25, -0.2) is 4.39 Å². The minimum Gasteiger partial charge on any atom is -0.462 e. The van der Waals surface area contributed by atoms with Crippen LogP contribution >= 0.6 is 11.6 Å². The topological polar surface area (TPSA) is 111 Å². The van der Waals surface area contributed by atoms with Gasteiger partial charge >= 0.3 is 6.01 Å². The summed E-state index contributed by atoms with van der Waals surface area (Å²) in [5.41, 5.74) is 0.794. The molecule has 4 aromatic rings. The van der Waals surface area contributed by atoms with Crippen molar-refractivity contribution in [3.8, 4) is 23.3 Å². The van der Waals surface area contributed by atoms with Crippen LogP contribution in [0.4, 0.5) is 10.2 Å². The Morgan fingerprint density at radius 1 is 1.17 bits per heavy atom. The molecule has 0 bridgehead atoms. The van der Waals surface area contributed by atoms with Crippen molar-refractivity contribution >= 4 is 39.1 Å². The fourth-order valence-electron chi connectivity index (χ4n) is 6.45. The summed E-state index contributed by atoms with van der Waals surface area (Å²) in [5.74, 6) is -0.122. The summed E-state index contributed by atoms with van der Waals surface area (Å²) in [4.78, 5) is 20.1. The molecule has 2 aliphatic heterocycles. The average molecular weight is 646 g/mol. The van der Waals surface area contributed by atoms with Gasteiger partial charge in [0.1, 0.15) is 29.9 Å². The summed E-state index contributed by atoms with van der Waals surface area (Å²) in [6, 6.07) is 13.4. The first-order valence-corrected chi connectivity index (χ1v) is 15.9. The molecule has 2 aromatic carbocycles. The Labute approximate surface area is 272 Å². The zero-order chi connectivity index (χ0) is 32.2. The second kappa shape index (κ2) is 14.2. The van der Waals surface area contributed by atoms with Gasteiger partial charge in [0.2, 0.25) is 0 Å². The van der Waals surface area contributed by atoms with Gasteiger partial charge in [0.25, 0.3) is 0 Å². The third-order valence-electron chi connectivity index (χ3n) is 8.89. The van der Waals surface area contributed by atoms with Crippen LogP contribution in [0.15, 0.2) is 54.7 Å². The van der Waals surface area contributed by atoms with Gasteiger partial charge in [0, 0.05) is 61.0 Å². The van der Waals surface area contributed by atoms with Crippen LogP contribution < -0.4 is 9.64 Å². The summed E-state index contributed by atoms with van der Waals surface area (Å²) in [6.07, 6.45) is 6.40. The molecule has 10 nitrogen and oxygen atoms in total. The second-order valence-corrected chi connectivity index (χ2v) is 12.1. The van der Waals surface area contributed by atoms with Gasteiger partial charge in [0.05, 0.1) is 24.5 Å². The van der Waals surface area contributed by atoms with Crippen LogP contribution in [0.1, 0.15) is 19.3 Å². The maximum atomic E-state index is 16.7. The third kappa shape index (κ3) is 6.49. The average Bonchev–Trinajstić information content (AvgIpc) is 3.48. The van der Waals surface area contributed by atoms with Gasteiger partial charge in [-0.3, -0.25) is 9.88 Å². The molecule has 0 aliphatic carbocycles. The van der Waals surface area contributed by atoms with Crippen LogP contribution in [0.5, 0.6) is 6.01 Å². The van der Waals surface area contributed by atoms with Crippen LogP contribution in [0, 0.1) is 17.1 Å². The molecular weight excluding hydrogens is 609 g/mol. The minimum atomic E-state index is -0.880. The number of nitrogens with zero attached hydrogens (tertiary/aromatic N) is 7. The molecule has 6 rings (SSSR count).